The first-order chi connectivity index (χ1) is 10.0. The van der Waals surface area contributed by atoms with E-state index in [4.69, 9.17) is 4.74 Å². The van der Waals surface area contributed by atoms with Crippen molar-refractivity contribution < 1.29 is 29.3 Å². The largest absolute Gasteiger partial charge is 0.504 e. The molecule has 2 aromatic rings. The monoisotopic (exact) mass is 288 g/mol. The Balaban J connectivity index is 2.29. The predicted octanol–water partition coefficient (Wildman–Crippen LogP) is 2.10. The van der Waals surface area contributed by atoms with Gasteiger partial charge in [0.05, 0.1) is 18.2 Å². The lowest BCUT2D eigenvalue weighted by Crippen LogP contribution is -2.09. The first-order valence-electron chi connectivity index (χ1n) is 5.94. The highest BCUT2D eigenvalue weighted by atomic mass is 16.5. The number of rotatable bonds is 3. The molecular weight excluding hydrogens is 276 g/mol. The van der Waals surface area contributed by atoms with E-state index in [-0.39, 0.29) is 11.1 Å². The average Bonchev–Trinajstić information content (AvgIpc) is 2.50. The summed E-state index contributed by atoms with van der Waals surface area (Å²) >= 11 is 0. The summed E-state index contributed by atoms with van der Waals surface area (Å²) in [6.07, 6.45) is 0. The molecule has 0 bridgehead atoms. The summed E-state index contributed by atoms with van der Waals surface area (Å²) in [5.74, 6) is -2.98. The molecule has 0 saturated carbocycles. The molecule has 0 aromatic heterocycles. The number of carbonyl (C=O) groups excluding carboxylic acids is 2. The molecule has 0 aliphatic heterocycles. The number of methoxy groups -OCH3 is 1. The van der Waals surface area contributed by atoms with E-state index in [1.54, 1.807) is 18.2 Å². The van der Waals surface area contributed by atoms with Gasteiger partial charge in [0.25, 0.3) is 0 Å². The lowest BCUT2D eigenvalue weighted by Gasteiger charge is -2.09. The highest BCUT2D eigenvalue weighted by Gasteiger charge is 2.19. The van der Waals surface area contributed by atoms with Crippen molar-refractivity contribution in [2.75, 3.05) is 7.11 Å². The van der Waals surface area contributed by atoms with Crippen LogP contribution < -0.4 is 4.74 Å². The van der Waals surface area contributed by atoms with Crippen LogP contribution in [-0.2, 0) is 4.74 Å². The van der Waals surface area contributed by atoms with E-state index < -0.39 is 29.2 Å². The highest BCUT2D eigenvalue weighted by Crippen LogP contribution is 2.37. The van der Waals surface area contributed by atoms with Gasteiger partial charge < -0.3 is 19.7 Å². The van der Waals surface area contributed by atoms with E-state index in [0.29, 0.717) is 0 Å². The van der Waals surface area contributed by atoms with Crippen LogP contribution in [0.25, 0.3) is 0 Å². The summed E-state index contributed by atoms with van der Waals surface area (Å²) in [6, 6.07) is 10.2. The van der Waals surface area contributed by atoms with Gasteiger partial charge in [-0.1, -0.05) is 18.2 Å². The molecule has 0 atom stereocenters. The fraction of sp³-hybridized carbons (Fsp3) is 0.0667. The Morgan fingerprint density at radius 1 is 0.905 bits per heavy atom. The Hall–Kier alpha value is -3.02. The quantitative estimate of drug-likeness (QED) is 0.663. The van der Waals surface area contributed by atoms with Gasteiger partial charge in [0.2, 0.25) is 5.75 Å². The fourth-order valence-electron chi connectivity index (χ4n) is 1.66. The molecule has 2 rings (SSSR count). The third-order valence-electron chi connectivity index (χ3n) is 2.68. The first kappa shape index (κ1) is 14.4. The number of benzene rings is 2. The van der Waals surface area contributed by atoms with Crippen molar-refractivity contribution in [2.45, 2.75) is 0 Å². The van der Waals surface area contributed by atoms with Crippen molar-refractivity contribution in [3.63, 3.8) is 0 Å². The zero-order valence-corrected chi connectivity index (χ0v) is 11.1. The lowest BCUT2D eigenvalue weighted by atomic mass is 10.2. The van der Waals surface area contributed by atoms with Crippen molar-refractivity contribution in [2.24, 2.45) is 0 Å². The van der Waals surface area contributed by atoms with Crippen LogP contribution in [0, 0.1) is 0 Å². The highest BCUT2D eigenvalue weighted by molar-refractivity contribution is 5.93. The van der Waals surface area contributed by atoms with Gasteiger partial charge in [-0.2, -0.15) is 0 Å². The average molecular weight is 288 g/mol. The number of ether oxygens (including phenoxy) is 2. The Kier molecular flexibility index (Phi) is 4.08. The molecule has 6 nitrogen and oxygen atoms in total. The summed E-state index contributed by atoms with van der Waals surface area (Å²) in [5, 5.41) is 19.5. The normalized spacial score (nSPS) is 9.95. The van der Waals surface area contributed by atoms with Gasteiger partial charge in [0.15, 0.2) is 11.5 Å². The second-order valence-corrected chi connectivity index (χ2v) is 4.09. The number of hydrogen-bond donors (Lipinski definition) is 2. The molecule has 21 heavy (non-hydrogen) atoms. The van der Waals surface area contributed by atoms with Crippen LogP contribution in [0.5, 0.6) is 17.2 Å². The van der Waals surface area contributed by atoms with Crippen LogP contribution in [0.15, 0.2) is 42.5 Å². The molecule has 0 aliphatic carbocycles. The van der Waals surface area contributed by atoms with E-state index in [0.717, 1.165) is 12.1 Å². The van der Waals surface area contributed by atoms with Crippen LogP contribution in [0.3, 0.4) is 0 Å². The minimum absolute atomic E-state index is 0.0630. The van der Waals surface area contributed by atoms with E-state index in [2.05, 4.69) is 4.74 Å². The molecule has 0 saturated heterocycles. The molecule has 0 aliphatic rings. The molecule has 2 N–H and O–H groups in total. The molecule has 0 unspecified atom stereocenters. The minimum atomic E-state index is -0.744. The zero-order valence-electron chi connectivity index (χ0n) is 11.1. The Bertz CT molecular complexity index is 655. The molecule has 108 valence electrons. The summed E-state index contributed by atoms with van der Waals surface area (Å²) in [5.41, 5.74) is 0.195. The molecule has 0 heterocycles. The van der Waals surface area contributed by atoms with Crippen LogP contribution in [0.4, 0.5) is 0 Å². The topological polar surface area (TPSA) is 93.1 Å². The number of aromatic hydroxyl groups is 2. The van der Waals surface area contributed by atoms with Gasteiger partial charge in [0.1, 0.15) is 0 Å². The second-order valence-electron chi connectivity index (χ2n) is 4.09. The summed E-state index contributed by atoms with van der Waals surface area (Å²) in [7, 11) is 1.17. The number of phenols is 2. The van der Waals surface area contributed by atoms with Gasteiger partial charge in [-0.15, -0.1) is 0 Å². The number of carbonyl (C=O) groups is 2. The predicted molar refractivity (Wildman–Crippen MR) is 72.5 cm³/mol. The molecule has 0 fully saturated rings. The van der Waals surface area contributed by atoms with Gasteiger partial charge in [0, 0.05) is 0 Å². The molecule has 0 amide bonds. The van der Waals surface area contributed by atoms with Crippen molar-refractivity contribution in [3.8, 4) is 17.2 Å². The third kappa shape index (κ3) is 3.11. The van der Waals surface area contributed by atoms with E-state index >= 15 is 0 Å². The van der Waals surface area contributed by atoms with Crippen LogP contribution in [0.1, 0.15) is 20.7 Å². The second kappa shape index (κ2) is 5.96. The number of hydrogen-bond acceptors (Lipinski definition) is 6. The summed E-state index contributed by atoms with van der Waals surface area (Å²) < 4.78 is 9.41. The lowest BCUT2D eigenvalue weighted by molar-refractivity contribution is 0.0599. The summed E-state index contributed by atoms with van der Waals surface area (Å²) in [4.78, 5) is 23.2. The molecule has 2 aromatic carbocycles. The van der Waals surface area contributed by atoms with Gasteiger partial charge >= 0.3 is 11.9 Å². The van der Waals surface area contributed by atoms with Crippen molar-refractivity contribution in [3.05, 3.63) is 53.6 Å². The first-order valence-corrected chi connectivity index (χ1v) is 5.94. The van der Waals surface area contributed by atoms with Gasteiger partial charge in [-0.05, 0) is 24.3 Å². The van der Waals surface area contributed by atoms with Crippen LogP contribution in [-0.4, -0.2) is 29.3 Å². The van der Waals surface area contributed by atoms with Crippen molar-refractivity contribution >= 4 is 11.9 Å². The third-order valence-corrected chi connectivity index (χ3v) is 2.68. The Morgan fingerprint density at radius 3 is 2.00 bits per heavy atom. The van der Waals surface area contributed by atoms with E-state index in [1.165, 1.54) is 19.2 Å². The standard InChI is InChI=1S/C15H12O6/c1-20-14(18)10-7-11(16)13(12(17)8-10)21-15(19)9-5-3-2-4-6-9/h2-8,16-17H,1H3. The Labute approximate surface area is 120 Å². The molecule has 0 spiro atoms. The zero-order chi connectivity index (χ0) is 15.4. The smallest absolute Gasteiger partial charge is 0.343 e. The summed E-state index contributed by atoms with van der Waals surface area (Å²) in [6.45, 7) is 0. The van der Waals surface area contributed by atoms with Crippen molar-refractivity contribution in [1.82, 2.24) is 0 Å². The van der Waals surface area contributed by atoms with Crippen LogP contribution in [0.2, 0.25) is 0 Å². The van der Waals surface area contributed by atoms with Gasteiger partial charge in [-0.3, -0.25) is 0 Å². The fourth-order valence-corrected chi connectivity index (χ4v) is 1.66. The SMILES string of the molecule is COC(=O)c1cc(O)c(OC(=O)c2ccccc2)c(O)c1. The van der Waals surface area contributed by atoms with E-state index in [9.17, 15) is 19.8 Å². The van der Waals surface area contributed by atoms with Crippen LogP contribution >= 0.6 is 0 Å². The Morgan fingerprint density at radius 2 is 1.48 bits per heavy atom. The van der Waals surface area contributed by atoms with E-state index in [1.807, 2.05) is 0 Å². The number of esters is 2. The molecular formula is C15H12O6. The number of phenolic OH excluding ortho intramolecular Hbond substituents is 2. The molecule has 6 heteroatoms. The van der Waals surface area contributed by atoms with Crippen molar-refractivity contribution in [1.29, 1.82) is 0 Å². The maximum atomic E-state index is 11.9. The maximum Gasteiger partial charge on any atom is 0.343 e. The minimum Gasteiger partial charge on any atom is -0.504 e. The molecule has 0 radical (unpaired) electrons. The maximum absolute atomic E-state index is 11.9. The van der Waals surface area contributed by atoms with Gasteiger partial charge in [-0.25, -0.2) is 9.59 Å².